The van der Waals surface area contributed by atoms with Crippen LogP contribution in [-0.2, 0) is 0 Å². The van der Waals surface area contributed by atoms with E-state index in [9.17, 15) is 9.90 Å². The molecule has 0 radical (unpaired) electrons. The van der Waals surface area contributed by atoms with Crippen LogP contribution in [0.25, 0.3) is 0 Å². The maximum absolute atomic E-state index is 12.0. The Balaban J connectivity index is 2.13. The summed E-state index contributed by atoms with van der Waals surface area (Å²) in [6, 6.07) is 4.62. The number of carbonyl (C=O) groups excluding carboxylic acids is 1. The average molecular weight is 236 g/mol. The van der Waals surface area contributed by atoms with Crippen molar-refractivity contribution in [1.82, 2.24) is 4.90 Å². The molecule has 1 aromatic carbocycles. The topological polar surface area (TPSA) is 75.8 Å². The van der Waals surface area contributed by atoms with Crippen molar-refractivity contribution in [2.24, 2.45) is 5.73 Å². The van der Waals surface area contributed by atoms with Crippen LogP contribution in [0.1, 0.15) is 17.3 Å². The van der Waals surface area contributed by atoms with E-state index in [1.54, 1.807) is 17.0 Å². The minimum absolute atomic E-state index is 0.0330. The van der Waals surface area contributed by atoms with Crippen LogP contribution >= 0.6 is 0 Å². The summed E-state index contributed by atoms with van der Waals surface area (Å²) in [6.07, 6.45) is 0. The molecule has 1 amide bonds. The van der Waals surface area contributed by atoms with Crippen LogP contribution in [0.4, 0.5) is 0 Å². The summed E-state index contributed by atoms with van der Waals surface area (Å²) in [4.78, 5) is 13.6. The third-order valence-electron chi connectivity index (χ3n) is 2.82. The minimum Gasteiger partial charge on any atom is -0.504 e. The molecule has 0 atom stereocenters. The number of aromatic hydroxyl groups is 1. The van der Waals surface area contributed by atoms with Gasteiger partial charge in [0.1, 0.15) is 0 Å². The second-order valence-corrected chi connectivity index (χ2v) is 4.70. The lowest BCUT2D eigenvalue weighted by atomic mass is 9.93. The Kier molecular flexibility index (Phi) is 2.71. The first-order valence-corrected chi connectivity index (χ1v) is 5.38. The first-order chi connectivity index (χ1) is 7.93. The molecule has 1 aliphatic rings. The van der Waals surface area contributed by atoms with E-state index in [-0.39, 0.29) is 17.2 Å². The highest BCUT2D eigenvalue weighted by Gasteiger charge is 2.38. The van der Waals surface area contributed by atoms with Gasteiger partial charge in [-0.05, 0) is 25.1 Å². The molecule has 0 aromatic heterocycles. The third-order valence-corrected chi connectivity index (χ3v) is 2.82. The molecule has 0 aliphatic carbocycles. The molecule has 1 aliphatic heterocycles. The number of amides is 1. The standard InChI is InChI=1S/C12H16N2O3/c1-12(13)6-14(7-12)11(16)8-3-4-10(17-2)9(15)5-8/h3-5,15H,6-7,13H2,1-2H3. The zero-order valence-corrected chi connectivity index (χ0v) is 9.93. The number of methoxy groups -OCH3 is 1. The molecule has 0 unspecified atom stereocenters. The number of carbonyl (C=O) groups is 1. The van der Waals surface area contributed by atoms with Crippen molar-refractivity contribution < 1.29 is 14.6 Å². The molecule has 0 saturated carbocycles. The number of hydrogen-bond donors (Lipinski definition) is 2. The highest BCUT2D eigenvalue weighted by atomic mass is 16.5. The van der Waals surface area contributed by atoms with Crippen LogP contribution in [0.2, 0.25) is 0 Å². The number of phenolic OH excluding ortho intramolecular Hbond substituents is 1. The van der Waals surface area contributed by atoms with Crippen molar-refractivity contribution in [2.75, 3.05) is 20.2 Å². The molecule has 5 nitrogen and oxygen atoms in total. The van der Waals surface area contributed by atoms with Gasteiger partial charge in [-0.25, -0.2) is 0 Å². The smallest absolute Gasteiger partial charge is 0.254 e. The number of nitrogens with two attached hydrogens (primary N) is 1. The van der Waals surface area contributed by atoms with E-state index in [2.05, 4.69) is 0 Å². The second kappa shape index (κ2) is 3.92. The van der Waals surface area contributed by atoms with Crippen molar-refractivity contribution in [3.63, 3.8) is 0 Å². The molecule has 1 heterocycles. The highest BCUT2D eigenvalue weighted by Crippen LogP contribution is 2.28. The Morgan fingerprint density at radius 3 is 2.65 bits per heavy atom. The maximum atomic E-state index is 12.0. The van der Waals surface area contributed by atoms with Gasteiger partial charge in [0.05, 0.1) is 7.11 Å². The summed E-state index contributed by atoms with van der Waals surface area (Å²) in [7, 11) is 1.46. The first-order valence-electron chi connectivity index (χ1n) is 5.38. The molecule has 1 aromatic rings. The molecule has 92 valence electrons. The predicted octanol–water partition coefficient (Wildman–Crippen LogP) is 0.574. The second-order valence-electron chi connectivity index (χ2n) is 4.70. The monoisotopic (exact) mass is 236 g/mol. The molecule has 5 heteroatoms. The Hall–Kier alpha value is -1.75. The van der Waals surface area contributed by atoms with Crippen LogP contribution < -0.4 is 10.5 Å². The van der Waals surface area contributed by atoms with Gasteiger partial charge in [-0.15, -0.1) is 0 Å². The fraction of sp³-hybridized carbons (Fsp3) is 0.417. The van der Waals surface area contributed by atoms with Crippen LogP contribution in [0.5, 0.6) is 11.5 Å². The molecule has 1 saturated heterocycles. The van der Waals surface area contributed by atoms with Crippen molar-refractivity contribution in [2.45, 2.75) is 12.5 Å². The minimum atomic E-state index is -0.288. The summed E-state index contributed by atoms with van der Waals surface area (Å²) >= 11 is 0. The van der Waals surface area contributed by atoms with Gasteiger partial charge in [0.2, 0.25) is 0 Å². The van der Waals surface area contributed by atoms with Crippen molar-refractivity contribution in [3.05, 3.63) is 23.8 Å². The van der Waals surface area contributed by atoms with Crippen molar-refractivity contribution >= 4 is 5.91 Å². The Morgan fingerprint density at radius 1 is 1.53 bits per heavy atom. The van der Waals surface area contributed by atoms with Gasteiger partial charge in [0.15, 0.2) is 11.5 Å². The van der Waals surface area contributed by atoms with Gasteiger partial charge in [-0.1, -0.05) is 0 Å². The molecule has 2 rings (SSSR count). The quantitative estimate of drug-likeness (QED) is 0.787. The lowest BCUT2D eigenvalue weighted by Gasteiger charge is -2.45. The zero-order valence-electron chi connectivity index (χ0n) is 9.93. The van der Waals surface area contributed by atoms with E-state index in [1.807, 2.05) is 6.92 Å². The van der Waals surface area contributed by atoms with E-state index in [0.717, 1.165) is 0 Å². The number of rotatable bonds is 2. The number of benzene rings is 1. The van der Waals surface area contributed by atoms with Crippen molar-refractivity contribution in [1.29, 1.82) is 0 Å². The number of likely N-dealkylation sites (tertiary alicyclic amines) is 1. The lowest BCUT2D eigenvalue weighted by Crippen LogP contribution is -2.66. The van der Waals surface area contributed by atoms with Crippen LogP contribution in [0.15, 0.2) is 18.2 Å². The van der Waals surface area contributed by atoms with E-state index < -0.39 is 0 Å². The summed E-state index contributed by atoms with van der Waals surface area (Å²) in [5.41, 5.74) is 6.00. The summed E-state index contributed by atoms with van der Waals surface area (Å²) in [5, 5.41) is 9.59. The SMILES string of the molecule is COc1ccc(C(=O)N2CC(C)(N)C2)cc1O. The first kappa shape index (κ1) is 11.7. The Morgan fingerprint density at radius 2 is 2.18 bits per heavy atom. The van der Waals surface area contributed by atoms with Gasteiger partial charge in [-0.3, -0.25) is 4.79 Å². The third kappa shape index (κ3) is 2.19. The molecular weight excluding hydrogens is 220 g/mol. The van der Waals surface area contributed by atoms with Crippen LogP contribution in [-0.4, -0.2) is 41.7 Å². The average Bonchev–Trinajstić information content (AvgIpc) is 2.24. The predicted molar refractivity (Wildman–Crippen MR) is 63.2 cm³/mol. The molecule has 0 spiro atoms. The molecule has 3 N–H and O–H groups in total. The van der Waals surface area contributed by atoms with Gasteiger partial charge in [-0.2, -0.15) is 0 Å². The van der Waals surface area contributed by atoms with Gasteiger partial charge >= 0.3 is 0 Å². The van der Waals surface area contributed by atoms with E-state index >= 15 is 0 Å². The molecule has 0 bridgehead atoms. The van der Waals surface area contributed by atoms with E-state index in [0.29, 0.717) is 24.4 Å². The fourth-order valence-corrected chi connectivity index (χ4v) is 1.97. The largest absolute Gasteiger partial charge is 0.504 e. The maximum Gasteiger partial charge on any atom is 0.254 e. The van der Waals surface area contributed by atoms with Crippen molar-refractivity contribution in [3.8, 4) is 11.5 Å². The number of hydrogen-bond acceptors (Lipinski definition) is 4. The van der Waals surface area contributed by atoms with Gasteiger partial charge < -0.3 is 20.5 Å². The van der Waals surface area contributed by atoms with Gasteiger partial charge in [0.25, 0.3) is 5.91 Å². The summed E-state index contributed by atoms with van der Waals surface area (Å²) < 4.78 is 4.92. The Labute approximate surface area is 99.8 Å². The molecule has 17 heavy (non-hydrogen) atoms. The number of nitrogens with zero attached hydrogens (tertiary/aromatic N) is 1. The fourth-order valence-electron chi connectivity index (χ4n) is 1.97. The van der Waals surface area contributed by atoms with Gasteiger partial charge in [0, 0.05) is 24.2 Å². The Bertz CT molecular complexity index is 449. The van der Waals surface area contributed by atoms with Crippen LogP contribution in [0.3, 0.4) is 0 Å². The highest BCUT2D eigenvalue weighted by molar-refractivity contribution is 5.95. The number of ether oxygens (including phenoxy) is 1. The molecule has 1 fully saturated rings. The summed E-state index contributed by atoms with van der Waals surface area (Å²) in [5.74, 6) is 0.203. The van der Waals surface area contributed by atoms with E-state index in [1.165, 1.54) is 13.2 Å². The number of phenols is 1. The van der Waals surface area contributed by atoms with Crippen LogP contribution in [0, 0.1) is 0 Å². The summed E-state index contributed by atoms with van der Waals surface area (Å²) in [6.45, 7) is 2.99. The lowest BCUT2D eigenvalue weighted by molar-refractivity contribution is 0.0453. The zero-order chi connectivity index (χ0) is 12.6. The normalized spacial score (nSPS) is 17.5. The molecular formula is C12H16N2O3. The van der Waals surface area contributed by atoms with E-state index in [4.69, 9.17) is 10.5 Å².